The van der Waals surface area contributed by atoms with Gasteiger partial charge < -0.3 is 9.47 Å². The van der Waals surface area contributed by atoms with Gasteiger partial charge in [-0.15, -0.1) is 0 Å². The molecular formula is C29H27BrClN3O2. The molecule has 0 amide bonds. The number of hydrogen-bond donors (Lipinski definition) is 0. The van der Waals surface area contributed by atoms with Crippen LogP contribution in [-0.4, -0.2) is 36.7 Å². The number of rotatable bonds is 4. The van der Waals surface area contributed by atoms with Crippen molar-refractivity contribution in [3.05, 3.63) is 91.7 Å². The fraction of sp³-hybridized carbons (Fsp3) is 0.310. The first kappa shape index (κ1) is 24.8. The van der Waals surface area contributed by atoms with Crippen LogP contribution < -0.4 is 9.47 Å². The van der Waals surface area contributed by atoms with Crippen LogP contribution in [0.5, 0.6) is 11.5 Å². The maximum atomic E-state index is 10.2. The van der Waals surface area contributed by atoms with Gasteiger partial charge in [-0.25, -0.2) is 0 Å². The van der Waals surface area contributed by atoms with Gasteiger partial charge in [-0.2, -0.15) is 5.26 Å². The fourth-order valence-electron chi connectivity index (χ4n) is 5.31. The number of aryl methyl sites for hydroxylation is 2. The Bertz CT molecular complexity index is 1330. The molecule has 0 bridgehead atoms. The molecule has 184 valence electrons. The van der Waals surface area contributed by atoms with E-state index in [1.54, 1.807) is 14.2 Å². The third-order valence-corrected chi connectivity index (χ3v) is 7.79. The Hall–Kier alpha value is -2.85. The van der Waals surface area contributed by atoms with Gasteiger partial charge in [0, 0.05) is 46.0 Å². The molecule has 1 fully saturated rings. The number of likely N-dealkylation sites (tertiary alicyclic amines) is 1. The van der Waals surface area contributed by atoms with Gasteiger partial charge in [-0.1, -0.05) is 29.3 Å². The molecule has 0 saturated carbocycles. The Morgan fingerprint density at radius 1 is 1.08 bits per heavy atom. The van der Waals surface area contributed by atoms with Crippen molar-refractivity contribution in [2.24, 2.45) is 0 Å². The first-order valence-corrected chi connectivity index (χ1v) is 13.2. The lowest BCUT2D eigenvalue weighted by molar-refractivity contribution is 0.200. The van der Waals surface area contributed by atoms with Crippen molar-refractivity contribution < 1.29 is 9.47 Å². The molecule has 1 saturated heterocycles. The van der Waals surface area contributed by atoms with Gasteiger partial charge in [0.05, 0.1) is 26.0 Å². The van der Waals surface area contributed by atoms with Crippen LogP contribution in [0.15, 0.2) is 58.7 Å². The molecule has 1 aliphatic heterocycles. The first-order valence-electron chi connectivity index (χ1n) is 12.0. The highest BCUT2D eigenvalue weighted by Gasteiger charge is 2.30. The van der Waals surface area contributed by atoms with E-state index in [-0.39, 0.29) is 6.04 Å². The summed E-state index contributed by atoms with van der Waals surface area (Å²) < 4.78 is 11.9. The van der Waals surface area contributed by atoms with Crippen molar-refractivity contribution >= 4 is 33.1 Å². The Morgan fingerprint density at radius 2 is 1.92 bits per heavy atom. The molecule has 1 unspecified atom stereocenters. The number of pyridine rings is 1. The van der Waals surface area contributed by atoms with E-state index < -0.39 is 0 Å². The largest absolute Gasteiger partial charge is 0.497 e. The molecule has 5 nitrogen and oxygen atoms in total. The van der Waals surface area contributed by atoms with Crippen LogP contribution >= 0.6 is 27.5 Å². The lowest BCUT2D eigenvalue weighted by atomic mass is 9.86. The average molecular weight is 565 g/mol. The van der Waals surface area contributed by atoms with Crippen molar-refractivity contribution in [1.82, 2.24) is 9.88 Å². The molecule has 2 heterocycles. The molecule has 1 aromatic heterocycles. The van der Waals surface area contributed by atoms with E-state index in [2.05, 4.69) is 45.1 Å². The molecule has 2 aliphatic rings. The summed E-state index contributed by atoms with van der Waals surface area (Å²) in [7, 11) is 3.31. The van der Waals surface area contributed by atoms with E-state index in [0.29, 0.717) is 13.0 Å². The molecule has 2 aromatic carbocycles. The normalized spacial score (nSPS) is 19.6. The minimum Gasteiger partial charge on any atom is -0.497 e. The molecule has 3 aromatic rings. The highest BCUT2D eigenvalue weighted by Crippen LogP contribution is 2.40. The Labute approximate surface area is 225 Å². The molecule has 1 aliphatic carbocycles. The summed E-state index contributed by atoms with van der Waals surface area (Å²) in [5.74, 6) is 1.52. The summed E-state index contributed by atoms with van der Waals surface area (Å²) in [6.45, 7) is 1.42. The number of methoxy groups -OCH3 is 2. The quantitative estimate of drug-likeness (QED) is 0.357. The standard InChI is InChI=1S/C29H27BrClN3O2/c1-35-25-7-5-21(27(14-25)36-2)17-34-10-9-19(13-24(34)15-32)28-26-8-6-23(31)12-18(26)3-4-20-11-22(30)16-33-29(20)28/h5-8,11-12,14,16,24H,3-4,9-10,13,17H2,1-2H3. The first-order chi connectivity index (χ1) is 17.5. The van der Waals surface area contributed by atoms with E-state index in [0.717, 1.165) is 58.1 Å². The van der Waals surface area contributed by atoms with Crippen molar-refractivity contribution in [3.63, 3.8) is 0 Å². The molecule has 0 spiro atoms. The third-order valence-electron chi connectivity index (χ3n) is 7.12. The molecule has 7 heteroatoms. The Morgan fingerprint density at radius 3 is 2.69 bits per heavy atom. The summed E-state index contributed by atoms with van der Waals surface area (Å²) in [6, 6.07) is 16.5. The van der Waals surface area contributed by atoms with E-state index in [4.69, 9.17) is 26.1 Å². The van der Waals surface area contributed by atoms with Crippen LogP contribution in [-0.2, 0) is 19.4 Å². The molecule has 36 heavy (non-hydrogen) atoms. The maximum absolute atomic E-state index is 10.2. The predicted molar refractivity (Wildman–Crippen MR) is 145 cm³/mol. The molecule has 0 radical (unpaired) electrons. The van der Waals surface area contributed by atoms with Gasteiger partial charge in [0.15, 0.2) is 0 Å². The van der Waals surface area contributed by atoms with Crippen molar-refractivity contribution in [3.8, 4) is 17.6 Å². The van der Waals surface area contributed by atoms with Gasteiger partial charge in [0.2, 0.25) is 0 Å². The highest BCUT2D eigenvalue weighted by molar-refractivity contribution is 9.10. The average Bonchev–Trinajstić information content (AvgIpc) is 3.05. The number of fused-ring (bicyclic) bond motifs is 2. The van der Waals surface area contributed by atoms with Crippen LogP contribution in [0.25, 0.3) is 5.57 Å². The molecule has 5 rings (SSSR count). The van der Waals surface area contributed by atoms with Crippen molar-refractivity contribution in [1.29, 1.82) is 5.26 Å². The van der Waals surface area contributed by atoms with Gasteiger partial charge in [-0.05, 0) is 82.6 Å². The SMILES string of the molecule is COc1ccc(CN2CCC(=C3c4ccc(Cl)cc4CCc4cc(Br)cnc43)CC2C#N)c(OC)c1. The fourth-order valence-corrected chi connectivity index (χ4v) is 5.88. The summed E-state index contributed by atoms with van der Waals surface area (Å²) >= 11 is 9.97. The highest BCUT2D eigenvalue weighted by atomic mass is 79.9. The van der Waals surface area contributed by atoms with Gasteiger partial charge in [0.25, 0.3) is 0 Å². The van der Waals surface area contributed by atoms with Gasteiger partial charge in [0.1, 0.15) is 17.5 Å². The minimum atomic E-state index is -0.244. The number of ether oxygens (including phenoxy) is 2. The zero-order chi connectivity index (χ0) is 25.2. The summed E-state index contributed by atoms with van der Waals surface area (Å²) in [5.41, 5.74) is 8.16. The van der Waals surface area contributed by atoms with E-state index >= 15 is 0 Å². The number of piperidine rings is 1. The second-order valence-electron chi connectivity index (χ2n) is 9.19. The molecule has 0 N–H and O–H groups in total. The Kier molecular flexibility index (Phi) is 7.34. The van der Waals surface area contributed by atoms with Crippen LogP contribution in [0.2, 0.25) is 5.02 Å². The number of nitriles is 1. The topological polar surface area (TPSA) is 58.4 Å². The number of halogens is 2. The smallest absolute Gasteiger partial charge is 0.127 e. The van der Waals surface area contributed by atoms with Crippen LogP contribution in [0.4, 0.5) is 0 Å². The summed E-state index contributed by atoms with van der Waals surface area (Å²) in [6.07, 6.45) is 5.21. The summed E-state index contributed by atoms with van der Waals surface area (Å²) in [4.78, 5) is 7.11. The van der Waals surface area contributed by atoms with Crippen molar-refractivity contribution in [2.75, 3.05) is 20.8 Å². The number of nitrogens with zero attached hydrogens (tertiary/aromatic N) is 3. The molecule has 1 atom stereocenters. The van der Waals surface area contributed by atoms with Crippen LogP contribution in [0.3, 0.4) is 0 Å². The van der Waals surface area contributed by atoms with Gasteiger partial charge >= 0.3 is 0 Å². The number of aromatic nitrogens is 1. The maximum Gasteiger partial charge on any atom is 0.127 e. The molecular weight excluding hydrogens is 538 g/mol. The zero-order valence-corrected chi connectivity index (χ0v) is 22.7. The second kappa shape index (κ2) is 10.6. The lowest BCUT2D eigenvalue weighted by Crippen LogP contribution is -2.39. The van der Waals surface area contributed by atoms with E-state index in [1.807, 2.05) is 30.5 Å². The van der Waals surface area contributed by atoms with Crippen LogP contribution in [0, 0.1) is 11.3 Å². The van der Waals surface area contributed by atoms with E-state index in [1.165, 1.54) is 27.8 Å². The Balaban J connectivity index is 1.52. The third kappa shape index (κ3) is 4.88. The monoisotopic (exact) mass is 563 g/mol. The second-order valence-corrected chi connectivity index (χ2v) is 10.5. The number of benzene rings is 2. The van der Waals surface area contributed by atoms with Crippen molar-refractivity contribution in [2.45, 2.75) is 38.3 Å². The minimum absolute atomic E-state index is 0.244. The predicted octanol–water partition coefficient (Wildman–Crippen LogP) is 6.60. The van der Waals surface area contributed by atoms with Gasteiger partial charge in [-0.3, -0.25) is 9.88 Å². The summed E-state index contributed by atoms with van der Waals surface area (Å²) in [5, 5.41) is 10.9. The zero-order valence-electron chi connectivity index (χ0n) is 20.4. The lowest BCUT2D eigenvalue weighted by Gasteiger charge is -2.34. The van der Waals surface area contributed by atoms with E-state index in [9.17, 15) is 5.26 Å². The van der Waals surface area contributed by atoms with Crippen LogP contribution in [0.1, 0.15) is 40.8 Å². The number of hydrogen-bond acceptors (Lipinski definition) is 5.